The third kappa shape index (κ3) is 2.96. The van der Waals surface area contributed by atoms with E-state index in [1.165, 1.54) is 12.1 Å². The minimum atomic E-state index is -4.62. The summed E-state index contributed by atoms with van der Waals surface area (Å²) in [5.74, 6) is -0.532. The van der Waals surface area contributed by atoms with Gasteiger partial charge in [0.15, 0.2) is 0 Å². The Morgan fingerprint density at radius 3 is 2.55 bits per heavy atom. The summed E-state index contributed by atoms with van der Waals surface area (Å²) in [5, 5.41) is 11.1. The lowest BCUT2D eigenvalue weighted by molar-refractivity contribution is -0.137. The van der Waals surface area contributed by atoms with Crippen LogP contribution in [0.5, 0.6) is 0 Å². The highest BCUT2D eigenvalue weighted by Gasteiger charge is 2.36. The standard InChI is InChI=1S/C13H10BrF3N2O/c14-11-4-3-9(11)12(20)19-8-2-1-7(6-18)10(5-8)13(15,16)17/h1-2,5,9,11H,3-4H2,(H,19,20). The Balaban J connectivity index is 2.21. The second-order valence-electron chi connectivity index (χ2n) is 4.56. The number of amides is 1. The minimum absolute atomic E-state index is 0.0490. The van der Waals surface area contributed by atoms with Gasteiger partial charge >= 0.3 is 6.18 Å². The monoisotopic (exact) mass is 346 g/mol. The van der Waals surface area contributed by atoms with Crippen molar-refractivity contribution in [1.29, 1.82) is 5.26 Å². The minimum Gasteiger partial charge on any atom is -0.326 e. The van der Waals surface area contributed by atoms with E-state index in [2.05, 4.69) is 21.2 Å². The van der Waals surface area contributed by atoms with Crippen molar-refractivity contribution in [3.63, 3.8) is 0 Å². The Bertz CT molecular complexity index is 580. The second kappa shape index (κ2) is 5.44. The van der Waals surface area contributed by atoms with Gasteiger partial charge in [0.25, 0.3) is 0 Å². The molecule has 2 rings (SSSR count). The van der Waals surface area contributed by atoms with Crippen LogP contribution in [0.4, 0.5) is 18.9 Å². The van der Waals surface area contributed by atoms with Gasteiger partial charge in [0.05, 0.1) is 23.1 Å². The summed E-state index contributed by atoms with van der Waals surface area (Å²) in [4.78, 5) is 11.9. The number of carbonyl (C=O) groups excluding carboxylic acids is 1. The van der Waals surface area contributed by atoms with Crippen LogP contribution in [0.3, 0.4) is 0 Å². The van der Waals surface area contributed by atoms with Crippen molar-refractivity contribution < 1.29 is 18.0 Å². The Morgan fingerprint density at radius 2 is 2.10 bits per heavy atom. The quantitative estimate of drug-likeness (QED) is 0.830. The molecule has 2 unspecified atom stereocenters. The van der Waals surface area contributed by atoms with Crippen LogP contribution in [0, 0.1) is 17.2 Å². The number of nitrogens with zero attached hydrogens (tertiary/aromatic N) is 1. The zero-order chi connectivity index (χ0) is 14.9. The molecule has 0 aromatic heterocycles. The summed E-state index contributed by atoms with van der Waals surface area (Å²) in [6, 6.07) is 4.64. The highest BCUT2D eigenvalue weighted by molar-refractivity contribution is 9.09. The summed E-state index contributed by atoms with van der Waals surface area (Å²) in [5.41, 5.74) is -1.45. The Morgan fingerprint density at radius 1 is 1.40 bits per heavy atom. The van der Waals surface area contributed by atoms with E-state index in [1.54, 1.807) is 0 Å². The zero-order valence-corrected chi connectivity index (χ0v) is 11.8. The molecule has 20 heavy (non-hydrogen) atoms. The fourth-order valence-corrected chi connectivity index (χ4v) is 2.71. The van der Waals surface area contributed by atoms with E-state index in [-0.39, 0.29) is 22.3 Å². The van der Waals surface area contributed by atoms with Crippen molar-refractivity contribution in [3.05, 3.63) is 29.3 Å². The molecule has 1 aliphatic carbocycles. The fourth-order valence-electron chi connectivity index (χ4n) is 1.94. The number of alkyl halides is 4. The maximum atomic E-state index is 12.8. The normalized spacial score (nSPS) is 21.8. The number of halogens is 4. The average molecular weight is 347 g/mol. The highest BCUT2D eigenvalue weighted by atomic mass is 79.9. The molecule has 0 bridgehead atoms. The van der Waals surface area contributed by atoms with Crippen LogP contribution in [0.25, 0.3) is 0 Å². The van der Waals surface area contributed by atoms with Crippen molar-refractivity contribution in [1.82, 2.24) is 0 Å². The molecule has 0 aliphatic heterocycles. The lowest BCUT2D eigenvalue weighted by Crippen LogP contribution is -2.37. The maximum absolute atomic E-state index is 12.8. The van der Waals surface area contributed by atoms with Gasteiger partial charge in [-0.3, -0.25) is 4.79 Å². The van der Waals surface area contributed by atoms with Gasteiger partial charge in [-0.25, -0.2) is 0 Å². The summed E-state index contributed by atoms with van der Waals surface area (Å²) in [7, 11) is 0. The van der Waals surface area contributed by atoms with Gasteiger partial charge in [0.1, 0.15) is 0 Å². The molecule has 1 aliphatic rings. The van der Waals surface area contributed by atoms with Gasteiger partial charge in [0.2, 0.25) is 5.91 Å². The zero-order valence-electron chi connectivity index (χ0n) is 10.2. The van der Waals surface area contributed by atoms with E-state index in [4.69, 9.17) is 5.26 Å². The molecule has 2 atom stereocenters. The molecular weight excluding hydrogens is 337 g/mol. The first-order valence-corrected chi connectivity index (χ1v) is 6.81. The fraction of sp³-hybridized carbons (Fsp3) is 0.385. The largest absolute Gasteiger partial charge is 0.417 e. The molecule has 0 radical (unpaired) electrons. The molecule has 1 fully saturated rings. The molecular formula is C13H10BrF3N2O. The molecule has 7 heteroatoms. The first-order valence-electron chi connectivity index (χ1n) is 5.89. The molecule has 1 N–H and O–H groups in total. The molecule has 0 spiro atoms. The first kappa shape index (κ1) is 14.9. The third-order valence-corrected chi connectivity index (χ3v) is 4.34. The Kier molecular flexibility index (Phi) is 4.04. The van der Waals surface area contributed by atoms with Crippen LogP contribution < -0.4 is 5.32 Å². The van der Waals surface area contributed by atoms with Crippen molar-refractivity contribution in [2.24, 2.45) is 5.92 Å². The number of carbonyl (C=O) groups is 1. The smallest absolute Gasteiger partial charge is 0.326 e. The number of hydrogen-bond donors (Lipinski definition) is 1. The van der Waals surface area contributed by atoms with E-state index in [9.17, 15) is 18.0 Å². The van der Waals surface area contributed by atoms with Gasteiger partial charge < -0.3 is 5.32 Å². The molecule has 1 amide bonds. The van der Waals surface area contributed by atoms with Crippen LogP contribution in [0.15, 0.2) is 18.2 Å². The van der Waals surface area contributed by atoms with Crippen LogP contribution in [-0.4, -0.2) is 10.7 Å². The summed E-state index contributed by atoms with van der Waals surface area (Å²) in [6.45, 7) is 0. The predicted molar refractivity (Wildman–Crippen MR) is 70.2 cm³/mol. The highest BCUT2D eigenvalue weighted by Crippen LogP contribution is 2.36. The lowest BCUT2D eigenvalue weighted by Gasteiger charge is -2.30. The molecule has 1 aromatic rings. The average Bonchev–Trinajstić information content (AvgIpc) is 2.35. The number of nitriles is 1. The van der Waals surface area contributed by atoms with Gasteiger partial charge in [-0.1, -0.05) is 15.9 Å². The molecule has 3 nitrogen and oxygen atoms in total. The summed E-state index contributed by atoms with van der Waals surface area (Å²) >= 11 is 3.33. The number of nitrogens with one attached hydrogen (secondary N) is 1. The predicted octanol–water partition coefficient (Wildman–Crippen LogP) is 3.69. The van der Waals surface area contributed by atoms with Crippen LogP contribution in [-0.2, 0) is 11.0 Å². The van der Waals surface area contributed by atoms with E-state index in [0.29, 0.717) is 6.42 Å². The van der Waals surface area contributed by atoms with E-state index < -0.39 is 17.3 Å². The van der Waals surface area contributed by atoms with E-state index in [0.717, 1.165) is 18.6 Å². The maximum Gasteiger partial charge on any atom is 0.417 e. The number of anilines is 1. The number of hydrogen-bond acceptors (Lipinski definition) is 2. The first-order chi connectivity index (χ1) is 9.32. The van der Waals surface area contributed by atoms with Crippen LogP contribution in [0.2, 0.25) is 0 Å². The molecule has 0 heterocycles. The van der Waals surface area contributed by atoms with Crippen LogP contribution in [0.1, 0.15) is 24.0 Å². The van der Waals surface area contributed by atoms with Crippen LogP contribution >= 0.6 is 15.9 Å². The van der Waals surface area contributed by atoms with E-state index >= 15 is 0 Å². The van der Waals surface area contributed by atoms with Crippen molar-refractivity contribution >= 4 is 27.5 Å². The van der Waals surface area contributed by atoms with Gasteiger partial charge in [-0.2, -0.15) is 18.4 Å². The lowest BCUT2D eigenvalue weighted by atomic mass is 9.84. The van der Waals surface area contributed by atoms with Crippen molar-refractivity contribution in [2.75, 3.05) is 5.32 Å². The molecule has 1 saturated carbocycles. The Labute approximate surface area is 121 Å². The molecule has 1 aromatic carbocycles. The number of rotatable bonds is 2. The SMILES string of the molecule is N#Cc1ccc(NC(=O)C2CCC2Br)cc1C(F)(F)F. The topological polar surface area (TPSA) is 52.9 Å². The Hall–Kier alpha value is -1.55. The number of benzene rings is 1. The van der Waals surface area contributed by atoms with E-state index in [1.807, 2.05) is 0 Å². The second-order valence-corrected chi connectivity index (χ2v) is 5.74. The third-order valence-electron chi connectivity index (χ3n) is 3.24. The molecule has 0 saturated heterocycles. The van der Waals surface area contributed by atoms with Gasteiger partial charge in [-0.05, 0) is 31.0 Å². The van der Waals surface area contributed by atoms with Crippen molar-refractivity contribution in [3.8, 4) is 6.07 Å². The molecule has 106 valence electrons. The summed E-state index contributed by atoms with van der Waals surface area (Å²) < 4.78 is 38.3. The van der Waals surface area contributed by atoms with Gasteiger partial charge in [0, 0.05) is 10.5 Å². The van der Waals surface area contributed by atoms with Crippen molar-refractivity contribution in [2.45, 2.75) is 23.8 Å². The summed E-state index contributed by atoms with van der Waals surface area (Å²) in [6.07, 6.45) is -3.04. The van der Waals surface area contributed by atoms with Gasteiger partial charge in [-0.15, -0.1) is 0 Å².